The molecule has 0 atom stereocenters. The van der Waals surface area contributed by atoms with E-state index in [2.05, 4.69) is 62.4 Å². The van der Waals surface area contributed by atoms with Gasteiger partial charge in [0, 0.05) is 0 Å². The van der Waals surface area contributed by atoms with Gasteiger partial charge in [0.05, 0.1) is 0 Å². The highest BCUT2D eigenvalue weighted by Crippen LogP contribution is 2.10. The van der Waals surface area contributed by atoms with Gasteiger partial charge in [0.1, 0.15) is 0 Å². The Morgan fingerprint density at radius 1 is 0.833 bits per heavy atom. The molecule has 0 aromatic heterocycles. The van der Waals surface area contributed by atoms with Crippen molar-refractivity contribution in [3.8, 4) is 0 Å². The van der Waals surface area contributed by atoms with Crippen molar-refractivity contribution in [3.63, 3.8) is 0 Å². The Balaban J connectivity index is 2.51. The molecule has 0 saturated heterocycles. The molecule has 0 saturated carbocycles. The van der Waals surface area contributed by atoms with Crippen LogP contribution in [0.15, 0.2) is 36.4 Å². The Bertz CT molecular complexity index is 338. The first-order valence-corrected chi connectivity index (χ1v) is 7.30. The molecule has 0 aliphatic heterocycles. The second kappa shape index (κ2) is 9.70. The maximum absolute atomic E-state index is 2.28. The van der Waals surface area contributed by atoms with Crippen LogP contribution < -0.4 is 0 Å². The van der Waals surface area contributed by atoms with E-state index in [0.717, 1.165) is 0 Å². The van der Waals surface area contributed by atoms with Crippen LogP contribution in [-0.4, -0.2) is 0 Å². The van der Waals surface area contributed by atoms with Gasteiger partial charge < -0.3 is 0 Å². The zero-order valence-corrected chi connectivity index (χ0v) is 11.9. The van der Waals surface area contributed by atoms with E-state index >= 15 is 0 Å². The Kier molecular flexibility index (Phi) is 7.96. The molecule has 1 aromatic rings. The molecule has 0 bridgehead atoms. The van der Waals surface area contributed by atoms with Crippen molar-refractivity contribution in [2.75, 3.05) is 0 Å². The number of benzene rings is 1. The molecule has 0 N–H and O–H groups in total. The van der Waals surface area contributed by atoms with Crippen LogP contribution in [0, 0.1) is 0 Å². The van der Waals surface area contributed by atoms with Gasteiger partial charge in [-0.3, -0.25) is 0 Å². The molecule has 0 heterocycles. The second-order valence-corrected chi connectivity index (χ2v) is 4.76. The molecule has 0 radical (unpaired) electrons. The molecule has 98 valence electrons. The molecule has 0 fully saturated rings. The van der Waals surface area contributed by atoms with E-state index in [4.69, 9.17) is 0 Å². The Labute approximate surface area is 112 Å². The van der Waals surface area contributed by atoms with E-state index in [-0.39, 0.29) is 0 Å². The number of unbranched alkanes of at least 4 members (excludes halogenated alkanes) is 4. The zero-order valence-electron chi connectivity index (χ0n) is 11.9. The summed E-state index contributed by atoms with van der Waals surface area (Å²) in [5, 5.41) is 0. The van der Waals surface area contributed by atoms with Gasteiger partial charge in [-0.2, -0.15) is 0 Å². The third kappa shape index (κ3) is 6.44. The molecule has 18 heavy (non-hydrogen) atoms. The van der Waals surface area contributed by atoms with Crippen LogP contribution in [0.2, 0.25) is 0 Å². The zero-order chi connectivity index (χ0) is 13.1. The monoisotopic (exact) mass is 242 g/mol. The number of hydrogen-bond donors (Lipinski definition) is 0. The predicted molar refractivity (Wildman–Crippen MR) is 83.6 cm³/mol. The Morgan fingerprint density at radius 3 is 1.78 bits per heavy atom. The molecule has 0 nitrogen and oxygen atoms in total. The summed E-state index contributed by atoms with van der Waals surface area (Å²) in [4.78, 5) is 0. The first kappa shape index (κ1) is 14.8. The molecule has 0 amide bonds. The summed E-state index contributed by atoms with van der Waals surface area (Å²) in [6, 6.07) is 8.74. The summed E-state index contributed by atoms with van der Waals surface area (Å²) in [6.07, 6.45) is 16.5. The van der Waals surface area contributed by atoms with E-state index in [1.54, 1.807) is 0 Å². The van der Waals surface area contributed by atoms with E-state index < -0.39 is 0 Å². The second-order valence-electron chi connectivity index (χ2n) is 4.76. The minimum atomic E-state index is 1.19. The van der Waals surface area contributed by atoms with Gasteiger partial charge in [-0.05, 0) is 30.0 Å². The van der Waals surface area contributed by atoms with Crippen LogP contribution in [0.3, 0.4) is 0 Å². The Hall–Kier alpha value is -1.30. The van der Waals surface area contributed by atoms with E-state index in [0.29, 0.717) is 0 Å². The number of hydrogen-bond acceptors (Lipinski definition) is 0. The van der Waals surface area contributed by atoms with Crippen LogP contribution >= 0.6 is 0 Å². The van der Waals surface area contributed by atoms with Gasteiger partial charge in [-0.1, -0.05) is 82.0 Å². The summed E-state index contributed by atoms with van der Waals surface area (Å²) in [7, 11) is 0. The van der Waals surface area contributed by atoms with Crippen molar-refractivity contribution in [2.45, 2.75) is 52.4 Å². The quantitative estimate of drug-likeness (QED) is 0.484. The summed E-state index contributed by atoms with van der Waals surface area (Å²) in [5.41, 5.74) is 2.62. The average Bonchev–Trinajstić information content (AvgIpc) is 2.40. The molecular formula is C18H26. The van der Waals surface area contributed by atoms with Gasteiger partial charge >= 0.3 is 0 Å². The minimum absolute atomic E-state index is 1.19. The van der Waals surface area contributed by atoms with Gasteiger partial charge in [-0.15, -0.1) is 0 Å². The van der Waals surface area contributed by atoms with Crippen LogP contribution in [0.1, 0.15) is 63.5 Å². The lowest BCUT2D eigenvalue weighted by molar-refractivity contribution is 0.816. The molecule has 1 aromatic carbocycles. The minimum Gasteiger partial charge on any atom is -0.0839 e. The van der Waals surface area contributed by atoms with Gasteiger partial charge in [0.2, 0.25) is 0 Å². The normalized spacial score (nSPS) is 11.7. The largest absolute Gasteiger partial charge is 0.0839 e. The molecule has 0 aliphatic rings. The van der Waals surface area contributed by atoms with Crippen molar-refractivity contribution in [2.24, 2.45) is 0 Å². The highest BCUT2D eigenvalue weighted by atomic mass is 13.9. The van der Waals surface area contributed by atoms with Crippen LogP contribution in [0.25, 0.3) is 12.2 Å². The van der Waals surface area contributed by atoms with E-state index in [1.807, 2.05) is 0 Å². The van der Waals surface area contributed by atoms with Crippen molar-refractivity contribution in [1.82, 2.24) is 0 Å². The van der Waals surface area contributed by atoms with Crippen molar-refractivity contribution >= 4 is 12.2 Å². The lowest BCUT2D eigenvalue weighted by Gasteiger charge is -1.97. The fourth-order valence-electron chi connectivity index (χ4n) is 1.85. The summed E-state index contributed by atoms with van der Waals surface area (Å²) in [5.74, 6) is 0. The molecule has 0 aliphatic carbocycles. The highest BCUT2D eigenvalue weighted by molar-refractivity contribution is 5.57. The smallest absolute Gasteiger partial charge is 0.0254 e. The van der Waals surface area contributed by atoms with E-state index in [1.165, 1.54) is 49.7 Å². The van der Waals surface area contributed by atoms with Crippen LogP contribution in [0.4, 0.5) is 0 Å². The Morgan fingerprint density at radius 2 is 1.33 bits per heavy atom. The lowest BCUT2D eigenvalue weighted by Crippen LogP contribution is -1.76. The van der Waals surface area contributed by atoms with Crippen LogP contribution in [-0.2, 0) is 0 Å². The molecule has 0 unspecified atom stereocenters. The van der Waals surface area contributed by atoms with Crippen molar-refractivity contribution in [3.05, 3.63) is 47.5 Å². The molecular weight excluding hydrogens is 216 g/mol. The van der Waals surface area contributed by atoms with Gasteiger partial charge in [-0.25, -0.2) is 0 Å². The first-order valence-electron chi connectivity index (χ1n) is 7.30. The highest BCUT2D eigenvalue weighted by Gasteiger charge is 1.89. The number of allylic oxidation sites excluding steroid dienone is 2. The van der Waals surface area contributed by atoms with Gasteiger partial charge in [0.15, 0.2) is 0 Å². The molecule has 0 spiro atoms. The van der Waals surface area contributed by atoms with Crippen molar-refractivity contribution in [1.29, 1.82) is 0 Å². The molecule has 1 rings (SSSR count). The van der Waals surface area contributed by atoms with Gasteiger partial charge in [0.25, 0.3) is 0 Å². The first-order chi connectivity index (χ1) is 8.86. The standard InChI is InChI=1S/C18H26/c1-3-5-7-9-12-17-14-11-15-18(16-17)13-10-8-6-4-2/h9-16H,3-8H2,1-2H3/b12-9+,13-10+. The SMILES string of the molecule is CCCC/C=C/c1cccc(/C=C/CCCC)c1. The maximum atomic E-state index is 2.28. The molecule has 0 heteroatoms. The maximum Gasteiger partial charge on any atom is -0.0254 e. The summed E-state index contributed by atoms with van der Waals surface area (Å²) in [6.45, 7) is 4.46. The topological polar surface area (TPSA) is 0 Å². The van der Waals surface area contributed by atoms with E-state index in [9.17, 15) is 0 Å². The average molecular weight is 242 g/mol. The summed E-state index contributed by atoms with van der Waals surface area (Å²) >= 11 is 0. The third-order valence-corrected chi connectivity index (χ3v) is 2.98. The van der Waals surface area contributed by atoms with Crippen molar-refractivity contribution < 1.29 is 0 Å². The predicted octanol–water partition coefficient (Wildman–Crippen LogP) is 6.09. The number of rotatable bonds is 8. The lowest BCUT2D eigenvalue weighted by atomic mass is 10.1. The summed E-state index contributed by atoms with van der Waals surface area (Å²) < 4.78 is 0. The van der Waals surface area contributed by atoms with Crippen LogP contribution in [0.5, 0.6) is 0 Å². The fourth-order valence-corrected chi connectivity index (χ4v) is 1.85. The fraction of sp³-hybridized carbons (Fsp3) is 0.444. The third-order valence-electron chi connectivity index (χ3n) is 2.98.